The number of benzene rings is 1. The minimum absolute atomic E-state index is 0.0370. The maximum Gasteiger partial charge on any atom is 0.240 e. The van der Waals surface area contributed by atoms with Crippen LogP contribution in [0.2, 0.25) is 5.02 Å². The average Bonchev–Trinajstić information content (AvgIpc) is 2.52. The molecule has 1 aromatic carbocycles. The Morgan fingerprint density at radius 2 is 2.18 bits per heavy atom. The van der Waals surface area contributed by atoms with Crippen molar-refractivity contribution in [3.05, 3.63) is 40.4 Å². The lowest BCUT2D eigenvalue weighted by Crippen LogP contribution is -2.23. The number of ether oxygens (including phenoxy) is 1. The van der Waals surface area contributed by atoms with Gasteiger partial charge in [-0.3, -0.25) is 0 Å². The first-order chi connectivity index (χ1) is 8.00. The summed E-state index contributed by atoms with van der Waals surface area (Å²) >= 11 is 5.76. The molecule has 5 nitrogen and oxygen atoms in total. The molecule has 7 heteroatoms. The number of sulfone groups is 1. The standard InChI is InChI=1S/C10H9ClN2O3S/c11-7-2-1-3-8(4-7)16-6-9-5-13-10(12)17(9,14)15/h1-5H,6H2,(H2,12,13). The Morgan fingerprint density at radius 1 is 1.41 bits per heavy atom. The molecule has 0 saturated carbocycles. The van der Waals surface area contributed by atoms with Gasteiger partial charge in [0.1, 0.15) is 17.3 Å². The van der Waals surface area contributed by atoms with Crippen molar-refractivity contribution in [3.8, 4) is 5.75 Å². The van der Waals surface area contributed by atoms with Gasteiger partial charge in [-0.2, -0.15) is 0 Å². The van der Waals surface area contributed by atoms with Gasteiger partial charge in [0.25, 0.3) is 0 Å². The van der Waals surface area contributed by atoms with E-state index < -0.39 is 15.0 Å². The highest BCUT2D eigenvalue weighted by Gasteiger charge is 2.27. The first kappa shape index (κ1) is 11.9. The Labute approximate surface area is 103 Å². The molecule has 0 aromatic heterocycles. The number of hydrogen-bond donors (Lipinski definition) is 1. The number of nitrogens with two attached hydrogens (primary N) is 1. The number of hydrogen-bond acceptors (Lipinski definition) is 5. The maximum atomic E-state index is 11.6. The fourth-order valence-corrected chi connectivity index (χ4v) is 2.28. The second-order valence-corrected chi connectivity index (χ2v) is 5.70. The van der Waals surface area contributed by atoms with Crippen molar-refractivity contribution in [3.63, 3.8) is 0 Å². The van der Waals surface area contributed by atoms with Gasteiger partial charge in [0, 0.05) is 11.2 Å². The summed E-state index contributed by atoms with van der Waals surface area (Å²) in [5, 5.41) is 0.115. The third-order valence-corrected chi connectivity index (χ3v) is 3.94. The highest BCUT2D eigenvalue weighted by Crippen LogP contribution is 2.20. The van der Waals surface area contributed by atoms with Gasteiger partial charge in [-0.05, 0) is 18.2 Å². The van der Waals surface area contributed by atoms with Gasteiger partial charge in [0.2, 0.25) is 15.0 Å². The van der Waals surface area contributed by atoms with Crippen LogP contribution in [0.3, 0.4) is 0 Å². The highest BCUT2D eigenvalue weighted by atomic mass is 35.5. The molecule has 2 N–H and O–H groups in total. The molecule has 1 aliphatic rings. The molecule has 2 rings (SSSR count). The predicted molar refractivity (Wildman–Crippen MR) is 65.6 cm³/mol. The molecule has 1 heterocycles. The minimum Gasteiger partial charge on any atom is -0.488 e. The molecule has 0 radical (unpaired) electrons. The van der Waals surface area contributed by atoms with Crippen LogP contribution < -0.4 is 10.5 Å². The molecule has 0 atom stereocenters. The van der Waals surface area contributed by atoms with E-state index in [-0.39, 0.29) is 11.5 Å². The minimum atomic E-state index is -3.62. The fraction of sp³-hybridized carbons (Fsp3) is 0.100. The number of amidine groups is 1. The second-order valence-electron chi connectivity index (χ2n) is 3.31. The SMILES string of the molecule is NC1=NC=C(COc2cccc(Cl)c2)S1(=O)=O. The van der Waals surface area contributed by atoms with Gasteiger partial charge in [0.15, 0.2) is 0 Å². The molecule has 0 unspecified atom stereocenters. The zero-order valence-electron chi connectivity index (χ0n) is 8.63. The summed E-state index contributed by atoms with van der Waals surface area (Å²) < 4.78 is 28.4. The molecular weight excluding hydrogens is 264 g/mol. The lowest BCUT2D eigenvalue weighted by Gasteiger charge is -2.06. The van der Waals surface area contributed by atoms with Gasteiger partial charge in [-0.25, -0.2) is 13.4 Å². The Hall–Kier alpha value is -1.53. The molecule has 0 saturated heterocycles. The first-order valence-corrected chi connectivity index (χ1v) is 6.52. The smallest absolute Gasteiger partial charge is 0.240 e. The number of halogens is 1. The predicted octanol–water partition coefficient (Wildman–Crippen LogP) is 1.30. The van der Waals surface area contributed by atoms with E-state index in [2.05, 4.69) is 4.99 Å². The van der Waals surface area contributed by atoms with E-state index in [9.17, 15) is 8.42 Å². The van der Waals surface area contributed by atoms with E-state index in [0.29, 0.717) is 10.8 Å². The van der Waals surface area contributed by atoms with Crippen molar-refractivity contribution in [2.45, 2.75) is 0 Å². The van der Waals surface area contributed by atoms with E-state index in [1.165, 1.54) is 6.20 Å². The Balaban J connectivity index is 2.07. The summed E-state index contributed by atoms with van der Waals surface area (Å²) in [6, 6.07) is 6.67. The fourth-order valence-electron chi connectivity index (χ4n) is 1.23. The zero-order valence-corrected chi connectivity index (χ0v) is 10.2. The van der Waals surface area contributed by atoms with Crippen LogP contribution in [0.25, 0.3) is 0 Å². The maximum absolute atomic E-state index is 11.6. The second kappa shape index (κ2) is 4.38. The number of rotatable bonds is 3. The van der Waals surface area contributed by atoms with Gasteiger partial charge < -0.3 is 10.5 Å². The average molecular weight is 273 g/mol. The van der Waals surface area contributed by atoms with Gasteiger partial charge in [-0.1, -0.05) is 17.7 Å². The van der Waals surface area contributed by atoms with Crippen LogP contribution in [-0.4, -0.2) is 20.2 Å². The van der Waals surface area contributed by atoms with Crippen molar-refractivity contribution >= 4 is 26.6 Å². The van der Waals surface area contributed by atoms with Gasteiger partial charge >= 0.3 is 0 Å². The highest BCUT2D eigenvalue weighted by molar-refractivity contribution is 8.09. The lowest BCUT2D eigenvalue weighted by molar-refractivity contribution is 0.358. The van der Waals surface area contributed by atoms with E-state index in [4.69, 9.17) is 22.1 Å². The summed E-state index contributed by atoms with van der Waals surface area (Å²) in [7, 11) is -3.62. The van der Waals surface area contributed by atoms with Gasteiger partial charge in [-0.15, -0.1) is 0 Å². The van der Waals surface area contributed by atoms with Crippen LogP contribution in [0.5, 0.6) is 5.75 Å². The van der Waals surface area contributed by atoms with E-state index in [1.54, 1.807) is 24.3 Å². The Bertz CT molecular complexity index is 608. The summed E-state index contributed by atoms with van der Waals surface area (Å²) in [5.74, 6) is 0.485. The van der Waals surface area contributed by atoms with Crippen LogP contribution in [0.4, 0.5) is 0 Å². The third kappa shape index (κ3) is 2.42. The van der Waals surface area contributed by atoms with Crippen LogP contribution in [0.15, 0.2) is 40.4 Å². The quantitative estimate of drug-likeness (QED) is 0.899. The lowest BCUT2D eigenvalue weighted by atomic mass is 10.3. The molecule has 0 fully saturated rings. The molecule has 0 aliphatic carbocycles. The van der Waals surface area contributed by atoms with Crippen LogP contribution >= 0.6 is 11.6 Å². The van der Waals surface area contributed by atoms with Crippen molar-refractivity contribution in [2.24, 2.45) is 10.7 Å². The molecule has 0 spiro atoms. The van der Waals surface area contributed by atoms with Gasteiger partial charge in [0.05, 0.1) is 0 Å². The summed E-state index contributed by atoms with van der Waals surface area (Å²) in [5.41, 5.74) is 5.23. The van der Waals surface area contributed by atoms with E-state index in [1.807, 2.05) is 0 Å². The monoisotopic (exact) mass is 272 g/mol. The van der Waals surface area contributed by atoms with Crippen molar-refractivity contribution in [1.29, 1.82) is 0 Å². The first-order valence-electron chi connectivity index (χ1n) is 4.66. The van der Waals surface area contributed by atoms with Crippen LogP contribution in [0, 0.1) is 0 Å². The zero-order chi connectivity index (χ0) is 12.5. The van der Waals surface area contributed by atoms with Crippen molar-refractivity contribution in [1.82, 2.24) is 0 Å². The summed E-state index contributed by atoms with van der Waals surface area (Å²) in [4.78, 5) is 3.58. The molecule has 0 bridgehead atoms. The van der Waals surface area contributed by atoms with Crippen molar-refractivity contribution in [2.75, 3.05) is 6.61 Å². The molecule has 0 amide bonds. The Morgan fingerprint density at radius 3 is 2.76 bits per heavy atom. The van der Waals surface area contributed by atoms with E-state index in [0.717, 1.165) is 0 Å². The molecule has 1 aliphatic heterocycles. The molecular formula is C10H9ClN2O3S. The largest absolute Gasteiger partial charge is 0.488 e. The van der Waals surface area contributed by atoms with Crippen LogP contribution in [-0.2, 0) is 9.84 Å². The Kier molecular flexibility index (Phi) is 3.08. The molecule has 1 aromatic rings. The van der Waals surface area contributed by atoms with Crippen LogP contribution in [0.1, 0.15) is 0 Å². The topological polar surface area (TPSA) is 81.8 Å². The summed E-state index contributed by atoms with van der Waals surface area (Å²) in [6.45, 7) is -0.118. The number of aliphatic imine (C=N–C) groups is 1. The molecule has 17 heavy (non-hydrogen) atoms. The van der Waals surface area contributed by atoms with Crippen molar-refractivity contribution < 1.29 is 13.2 Å². The normalized spacial score (nSPS) is 17.5. The molecule has 90 valence electrons. The summed E-state index contributed by atoms with van der Waals surface area (Å²) in [6.07, 6.45) is 1.19. The third-order valence-electron chi connectivity index (χ3n) is 2.13. The van der Waals surface area contributed by atoms with E-state index >= 15 is 0 Å². The number of nitrogens with zero attached hydrogens (tertiary/aromatic N) is 1.